The van der Waals surface area contributed by atoms with Crippen LogP contribution in [-0.2, 0) is 0 Å². The Hall–Kier alpha value is -0.510. The quantitative estimate of drug-likeness (QED) is 0.801. The second-order valence-corrected chi connectivity index (χ2v) is 5.49. The molecule has 2 atom stereocenters. The Morgan fingerprint density at radius 3 is 2.44 bits per heavy atom. The number of nitrogens with two attached hydrogens (primary N) is 1. The molecule has 1 rings (SSSR count). The number of rotatable bonds is 6. The SMILES string of the molecule is Cc1ccc(C(CN)SCC(C)CO)cc1. The second kappa shape index (κ2) is 6.94. The van der Waals surface area contributed by atoms with Gasteiger partial charge in [0, 0.05) is 18.4 Å². The van der Waals surface area contributed by atoms with Crippen molar-refractivity contribution in [2.75, 3.05) is 18.9 Å². The zero-order valence-electron chi connectivity index (χ0n) is 10.0. The van der Waals surface area contributed by atoms with Crippen molar-refractivity contribution >= 4 is 11.8 Å². The molecule has 0 bridgehead atoms. The van der Waals surface area contributed by atoms with Crippen LogP contribution in [0.25, 0.3) is 0 Å². The summed E-state index contributed by atoms with van der Waals surface area (Å²) in [6.45, 7) is 5.03. The van der Waals surface area contributed by atoms with Crippen molar-refractivity contribution in [3.05, 3.63) is 35.4 Å². The fraction of sp³-hybridized carbons (Fsp3) is 0.538. The first-order valence-electron chi connectivity index (χ1n) is 5.66. The van der Waals surface area contributed by atoms with E-state index in [-0.39, 0.29) is 6.61 Å². The van der Waals surface area contributed by atoms with E-state index in [1.165, 1.54) is 11.1 Å². The lowest BCUT2D eigenvalue weighted by molar-refractivity contribution is 0.250. The second-order valence-electron chi connectivity index (χ2n) is 4.26. The highest BCUT2D eigenvalue weighted by Crippen LogP contribution is 2.29. The summed E-state index contributed by atoms with van der Waals surface area (Å²) in [6.07, 6.45) is 0. The molecule has 1 aromatic rings. The molecular formula is C13H21NOS. The van der Waals surface area contributed by atoms with E-state index in [0.717, 1.165) is 5.75 Å². The van der Waals surface area contributed by atoms with E-state index in [0.29, 0.717) is 17.7 Å². The van der Waals surface area contributed by atoms with Crippen LogP contribution in [0, 0.1) is 12.8 Å². The van der Waals surface area contributed by atoms with Gasteiger partial charge in [0.25, 0.3) is 0 Å². The van der Waals surface area contributed by atoms with Gasteiger partial charge in [-0.15, -0.1) is 0 Å². The van der Waals surface area contributed by atoms with Gasteiger partial charge in [-0.05, 0) is 24.2 Å². The van der Waals surface area contributed by atoms with Crippen LogP contribution >= 0.6 is 11.8 Å². The normalized spacial score (nSPS) is 14.8. The molecule has 0 fully saturated rings. The van der Waals surface area contributed by atoms with E-state index in [9.17, 15) is 0 Å². The lowest BCUT2D eigenvalue weighted by Gasteiger charge is -2.17. The highest BCUT2D eigenvalue weighted by atomic mass is 32.2. The average Bonchev–Trinajstić information content (AvgIpc) is 2.31. The van der Waals surface area contributed by atoms with Gasteiger partial charge in [-0.1, -0.05) is 36.8 Å². The van der Waals surface area contributed by atoms with Crippen LogP contribution in [0.4, 0.5) is 0 Å². The molecule has 1 aromatic carbocycles. The summed E-state index contributed by atoms with van der Waals surface area (Å²) in [5.41, 5.74) is 8.34. The molecule has 2 unspecified atom stereocenters. The van der Waals surface area contributed by atoms with Gasteiger partial charge in [-0.3, -0.25) is 0 Å². The fourth-order valence-electron chi connectivity index (χ4n) is 1.41. The lowest BCUT2D eigenvalue weighted by Crippen LogP contribution is -2.12. The number of thioether (sulfide) groups is 1. The summed E-state index contributed by atoms with van der Waals surface area (Å²) in [6, 6.07) is 8.52. The van der Waals surface area contributed by atoms with Crippen LogP contribution in [0.1, 0.15) is 23.3 Å². The highest BCUT2D eigenvalue weighted by Gasteiger charge is 2.11. The van der Waals surface area contributed by atoms with E-state index in [2.05, 4.69) is 38.1 Å². The van der Waals surface area contributed by atoms with Crippen LogP contribution in [0.3, 0.4) is 0 Å². The lowest BCUT2D eigenvalue weighted by atomic mass is 10.1. The zero-order chi connectivity index (χ0) is 12.0. The van der Waals surface area contributed by atoms with Crippen molar-refractivity contribution in [2.45, 2.75) is 19.1 Å². The van der Waals surface area contributed by atoms with E-state index in [1.54, 1.807) is 0 Å². The Labute approximate surface area is 102 Å². The van der Waals surface area contributed by atoms with Crippen LogP contribution < -0.4 is 5.73 Å². The summed E-state index contributed by atoms with van der Waals surface area (Å²) in [4.78, 5) is 0. The molecule has 0 aliphatic rings. The number of aliphatic hydroxyl groups is 1. The van der Waals surface area contributed by atoms with Gasteiger partial charge in [0.15, 0.2) is 0 Å². The van der Waals surface area contributed by atoms with Crippen LogP contribution in [0.5, 0.6) is 0 Å². The predicted molar refractivity (Wildman–Crippen MR) is 71.7 cm³/mol. The summed E-state index contributed by atoms with van der Waals surface area (Å²) in [7, 11) is 0. The summed E-state index contributed by atoms with van der Waals surface area (Å²) >= 11 is 1.83. The number of hydrogen-bond acceptors (Lipinski definition) is 3. The van der Waals surface area contributed by atoms with Crippen LogP contribution in [-0.4, -0.2) is 24.0 Å². The molecule has 16 heavy (non-hydrogen) atoms. The summed E-state index contributed by atoms with van der Waals surface area (Å²) in [5, 5.41) is 9.32. The van der Waals surface area contributed by atoms with Gasteiger partial charge in [0.05, 0.1) is 0 Å². The van der Waals surface area contributed by atoms with Gasteiger partial charge >= 0.3 is 0 Å². The average molecular weight is 239 g/mol. The first-order chi connectivity index (χ1) is 7.67. The molecule has 2 nitrogen and oxygen atoms in total. The fourth-order valence-corrected chi connectivity index (χ4v) is 2.57. The van der Waals surface area contributed by atoms with E-state index in [1.807, 2.05) is 11.8 Å². The molecule has 3 heteroatoms. The zero-order valence-corrected chi connectivity index (χ0v) is 10.8. The molecule has 0 saturated carbocycles. The van der Waals surface area contributed by atoms with Crippen LogP contribution in [0.15, 0.2) is 24.3 Å². The molecule has 0 amide bonds. The van der Waals surface area contributed by atoms with Gasteiger partial charge in [-0.25, -0.2) is 0 Å². The third-order valence-corrected chi connectivity index (χ3v) is 4.19. The molecule has 90 valence electrons. The monoisotopic (exact) mass is 239 g/mol. The maximum absolute atomic E-state index is 8.98. The Morgan fingerprint density at radius 2 is 1.94 bits per heavy atom. The van der Waals surface area contributed by atoms with Gasteiger partial charge in [0.1, 0.15) is 0 Å². The third-order valence-electron chi connectivity index (χ3n) is 2.56. The molecule has 0 heterocycles. The highest BCUT2D eigenvalue weighted by molar-refractivity contribution is 7.99. The molecule has 0 aliphatic carbocycles. The smallest absolute Gasteiger partial charge is 0.0464 e. The van der Waals surface area contributed by atoms with Gasteiger partial charge < -0.3 is 10.8 Å². The Morgan fingerprint density at radius 1 is 1.31 bits per heavy atom. The molecule has 0 aliphatic heterocycles. The minimum atomic E-state index is 0.248. The molecule has 0 radical (unpaired) electrons. The van der Waals surface area contributed by atoms with Crippen molar-refractivity contribution in [2.24, 2.45) is 11.7 Å². The molecule has 0 saturated heterocycles. The molecular weight excluding hydrogens is 218 g/mol. The standard InChI is InChI=1S/C13H21NOS/c1-10-3-5-12(6-4-10)13(7-14)16-9-11(2)8-15/h3-6,11,13,15H,7-9,14H2,1-2H3. The van der Waals surface area contributed by atoms with E-state index in [4.69, 9.17) is 10.8 Å². The van der Waals surface area contributed by atoms with E-state index >= 15 is 0 Å². The number of aryl methyl sites for hydroxylation is 1. The third kappa shape index (κ3) is 4.16. The summed E-state index contributed by atoms with van der Waals surface area (Å²) in [5.74, 6) is 1.29. The Bertz CT molecular complexity index is 299. The molecule has 0 aromatic heterocycles. The number of benzene rings is 1. The maximum atomic E-state index is 8.98. The van der Waals surface area contributed by atoms with Gasteiger partial charge in [0.2, 0.25) is 0 Å². The molecule has 3 N–H and O–H groups in total. The minimum Gasteiger partial charge on any atom is -0.396 e. The first-order valence-corrected chi connectivity index (χ1v) is 6.71. The summed E-state index contributed by atoms with van der Waals surface area (Å²) < 4.78 is 0. The van der Waals surface area contributed by atoms with Crippen molar-refractivity contribution < 1.29 is 5.11 Å². The topological polar surface area (TPSA) is 46.2 Å². The van der Waals surface area contributed by atoms with E-state index < -0.39 is 0 Å². The van der Waals surface area contributed by atoms with Crippen molar-refractivity contribution in [1.82, 2.24) is 0 Å². The van der Waals surface area contributed by atoms with Gasteiger partial charge in [-0.2, -0.15) is 11.8 Å². The number of aliphatic hydroxyl groups excluding tert-OH is 1. The maximum Gasteiger partial charge on any atom is 0.0464 e. The van der Waals surface area contributed by atoms with Crippen molar-refractivity contribution in [1.29, 1.82) is 0 Å². The first kappa shape index (κ1) is 13.6. The minimum absolute atomic E-state index is 0.248. The molecule has 0 spiro atoms. The van der Waals surface area contributed by atoms with Crippen molar-refractivity contribution in [3.8, 4) is 0 Å². The largest absolute Gasteiger partial charge is 0.396 e. The van der Waals surface area contributed by atoms with Crippen molar-refractivity contribution in [3.63, 3.8) is 0 Å². The Balaban J connectivity index is 2.57. The predicted octanol–water partition coefficient (Wildman–Crippen LogP) is 2.36. The van der Waals surface area contributed by atoms with Crippen LogP contribution in [0.2, 0.25) is 0 Å². The Kier molecular flexibility index (Phi) is 5.88. The number of hydrogen-bond donors (Lipinski definition) is 2.